The fourth-order valence-corrected chi connectivity index (χ4v) is 2.96. The van der Waals surface area contributed by atoms with Gasteiger partial charge in [0.2, 0.25) is 0 Å². The van der Waals surface area contributed by atoms with Crippen molar-refractivity contribution in [2.45, 2.75) is 0 Å². The van der Waals surface area contributed by atoms with E-state index in [0.717, 1.165) is 5.56 Å². The van der Waals surface area contributed by atoms with Gasteiger partial charge >= 0.3 is 11.9 Å². The highest BCUT2D eigenvalue weighted by molar-refractivity contribution is 6.06. The van der Waals surface area contributed by atoms with E-state index in [1.165, 1.54) is 14.2 Å². The third-order valence-electron chi connectivity index (χ3n) is 4.41. The monoisotopic (exact) mass is 398 g/mol. The highest BCUT2D eigenvalue weighted by Crippen LogP contribution is 2.31. The normalized spacial score (nSPS) is 10.4. The number of nitriles is 1. The van der Waals surface area contributed by atoms with E-state index in [-0.39, 0.29) is 11.1 Å². The molecule has 30 heavy (non-hydrogen) atoms. The number of hydrogen-bond acceptors (Lipinski definition) is 6. The van der Waals surface area contributed by atoms with E-state index in [1.54, 1.807) is 66.9 Å². The van der Waals surface area contributed by atoms with Gasteiger partial charge in [-0.2, -0.15) is 5.26 Å². The Hall–Kier alpha value is -4.24. The van der Waals surface area contributed by atoms with Crippen molar-refractivity contribution in [1.82, 2.24) is 0 Å². The number of nitrogens with zero attached hydrogens (tertiary/aromatic N) is 2. The van der Waals surface area contributed by atoms with Crippen LogP contribution in [0.15, 0.2) is 71.7 Å². The fraction of sp³-hybridized carbons (Fsp3) is 0.0833. The van der Waals surface area contributed by atoms with Crippen LogP contribution in [0.5, 0.6) is 0 Å². The maximum atomic E-state index is 12.3. The van der Waals surface area contributed by atoms with Crippen molar-refractivity contribution in [2.24, 2.45) is 4.99 Å². The lowest BCUT2D eigenvalue weighted by Crippen LogP contribution is -2.10. The summed E-state index contributed by atoms with van der Waals surface area (Å²) in [6.45, 7) is 0. The fourth-order valence-electron chi connectivity index (χ4n) is 2.96. The van der Waals surface area contributed by atoms with E-state index in [0.29, 0.717) is 22.4 Å². The lowest BCUT2D eigenvalue weighted by Gasteiger charge is -2.13. The summed E-state index contributed by atoms with van der Waals surface area (Å²) in [6, 6.07) is 21.1. The van der Waals surface area contributed by atoms with Crippen LogP contribution in [0.3, 0.4) is 0 Å². The first-order chi connectivity index (χ1) is 14.6. The maximum absolute atomic E-state index is 12.3. The average Bonchev–Trinajstić information content (AvgIpc) is 2.81. The van der Waals surface area contributed by atoms with Crippen LogP contribution in [-0.2, 0) is 9.47 Å². The molecule has 0 aliphatic rings. The second-order valence-corrected chi connectivity index (χ2v) is 6.25. The van der Waals surface area contributed by atoms with Crippen LogP contribution in [0, 0.1) is 11.3 Å². The summed E-state index contributed by atoms with van der Waals surface area (Å²) in [7, 11) is 2.57. The van der Waals surface area contributed by atoms with E-state index >= 15 is 0 Å². The molecule has 0 saturated heterocycles. The van der Waals surface area contributed by atoms with Gasteiger partial charge in [0.05, 0.1) is 42.7 Å². The molecule has 0 aliphatic carbocycles. The molecule has 0 N–H and O–H groups in total. The molecule has 6 nitrogen and oxygen atoms in total. The summed E-state index contributed by atoms with van der Waals surface area (Å²) in [4.78, 5) is 29.1. The van der Waals surface area contributed by atoms with Crippen LogP contribution < -0.4 is 0 Å². The molecule has 3 rings (SSSR count). The highest BCUT2D eigenvalue weighted by Gasteiger charge is 2.21. The zero-order valence-electron chi connectivity index (χ0n) is 16.5. The second kappa shape index (κ2) is 9.30. The van der Waals surface area contributed by atoms with Gasteiger partial charge in [0.25, 0.3) is 0 Å². The lowest BCUT2D eigenvalue weighted by atomic mass is 9.94. The first-order valence-corrected chi connectivity index (χ1v) is 9.01. The van der Waals surface area contributed by atoms with Crippen LogP contribution in [0.4, 0.5) is 5.69 Å². The van der Waals surface area contributed by atoms with Crippen molar-refractivity contribution in [1.29, 1.82) is 5.26 Å². The van der Waals surface area contributed by atoms with Crippen LogP contribution >= 0.6 is 0 Å². The van der Waals surface area contributed by atoms with Gasteiger partial charge in [-0.15, -0.1) is 0 Å². The number of rotatable bonds is 5. The lowest BCUT2D eigenvalue weighted by molar-refractivity contribution is 0.0601. The van der Waals surface area contributed by atoms with Crippen molar-refractivity contribution in [2.75, 3.05) is 14.2 Å². The average molecular weight is 398 g/mol. The molecule has 0 atom stereocenters. The molecule has 0 amide bonds. The van der Waals surface area contributed by atoms with Crippen molar-refractivity contribution in [3.8, 4) is 17.2 Å². The summed E-state index contributed by atoms with van der Waals surface area (Å²) in [5.41, 5.74) is 3.61. The largest absolute Gasteiger partial charge is 0.465 e. The minimum Gasteiger partial charge on any atom is -0.465 e. The SMILES string of the molecule is COC(=O)c1cccc(C(=O)OC)c1-c1cccc(N=Cc2ccc(C#N)cc2)c1. The van der Waals surface area contributed by atoms with Crippen LogP contribution in [0.1, 0.15) is 31.8 Å². The zero-order valence-corrected chi connectivity index (χ0v) is 16.5. The Bertz CT molecular complexity index is 1120. The van der Waals surface area contributed by atoms with E-state index < -0.39 is 11.9 Å². The maximum Gasteiger partial charge on any atom is 0.338 e. The second-order valence-electron chi connectivity index (χ2n) is 6.25. The first kappa shape index (κ1) is 20.5. The zero-order chi connectivity index (χ0) is 21.5. The number of benzene rings is 3. The van der Waals surface area contributed by atoms with Crippen LogP contribution in [0.25, 0.3) is 11.1 Å². The van der Waals surface area contributed by atoms with Gasteiger partial charge in [0.15, 0.2) is 0 Å². The summed E-state index contributed by atoms with van der Waals surface area (Å²) < 4.78 is 9.76. The third kappa shape index (κ3) is 4.42. The Morgan fingerprint density at radius 2 is 1.50 bits per heavy atom. The van der Waals surface area contributed by atoms with Crippen molar-refractivity contribution < 1.29 is 19.1 Å². The van der Waals surface area contributed by atoms with Gasteiger partial charge in [-0.05, 0) is 47.5 Å². The van der Waals surface area contributed by atoms with Gasteiger partial charge in [-0.3, -0.25) is 4.99 Å². The number of methoxy groups -OCH3 is 2. The molecule has 6 heteroatoms. The number of esters is 2. The molecule has 0 bridgehead atoms. The van der Waals surface area contributed by atoms with Crippen LogP contribution in [-0.4, -0.2) is 32.4 Å². The Kier molecular flexibility index (Phi) is 6.36. The Labute approximate surface area is 174 Å². The molecule has 0 aromatic heterocycles. The number of hydrogen-bond donors (Lipinski definition) is 0. The van der Waals surface area contributed by atoms with Gasteiger partial charge in [-0.1, -0.05) is 30.3 Å². The van der Waals surface area contributed by atoms with Gasteiger partial charge < -0.3 is 9.47 Å². The molecule has 0 fully saturated rings. The predicted molar refractivity (Wildman–Crippen MR) is 113 cm³/mol. The minimum absolute atomic E-state index is 0.258. The molecule has 0 aliphatic heterocycles. The number of carbonyl (C=O) groups excluding carboxylic acids is 2. The Balaban J connectivity index is 2.04. The Morgan fingerprint density at radius 3 is 2.07 bits per heavy atom. The molecule has 0 spiro atoms. The van der Waals surface area contributed by atoms with E-state index in [4.69, 9.17) is 14.7 Å². The van der Waals surface area contributed by atoms with E-state index in [9.17, 15) is 9.59 Å². The molecule has 148 valence electrons. The molecule has 0 unspecified atom stereocenters. The quantitative estimate of drug-likeness (QED) is 0.465. The standard InChI is InChI=1S/C24H18N2O4/c1-29-23(27)20-7-4-8-21(24(28)30-2)22(20)18-5-3-6-19(13-18)26-15-17-11-9-16(14-25)10-12-17/h3-13,15H,1-2H3. The van der Waals surface area contributed by atoms with Gasteiger partial charge in [0, 0.05) is 11.8 Å². The van der Waals surface area contributed by atoms with Crippen molar-refractivity contribution in [3.05, 3.63) is 89.0 Å². The molecule has 0 radical (unpaired) electrons. The van der Waals surface area contributed by atoms with Gasteiger partial charge in [-0.25, -0.2) is 9.59 Å². The number of carbonyl (C=O) groups is 2. The summed E-state index contributed by atoms with van der Waals surface area (Å²) in [5.74, 6) is -1.11. The Morgan fingerprint density at radius 1 is 0.900 bits per heavy atom. The highest BCUT2D eigenvalue weighted by atomic mass is 16.5. The topological polar surface area (TPSA) is 88.8 Å². The van der Waals surface area contributed by atoms with E-state index in [1.807, 2.05) is 6.07 Å². The third-order valence-corrected chi connectivity index (χ3v) is 4.41. The summed E-state index contributed by atoms with van der Waals surface area (Å²) >= 11 is 0. The molecule has 0 saturated carbocycles. The van der Waals surface area contributed by atoms with Crippen molar-refractivity contribution in [3.63, 3.8) is 0 Å². The smallest absolute Gasteiger partial charge is 0.338 e. The van der Waals surface area contributed by atoms with Crippen molar-refractivity contribution >= 4 is 23.8 Å². The molecular formula is C24H18N2O4. The summed E-state index contributed by atoms with van der Waals surface area (Å²) in [5, 5.41) is 8.88. The molecule has 3 aromatic rings. The van der Waals surface area contributed by atoms with E-state index in [2.05, 4.69) is 11.1 Å². The number of aliphatic imine (C=N–C) groups is 1. The molecule has 3 aromatic carbocycles. The van der Waals surface area contributed by atoms with Gasteiger partial charge in [0.1, 0.15) is 0 Å². The van der Waals surface area contributed by atoms with Crippen LogP contribution in [0.2, 0.25) is 0 Å². The summed E-state index contributed by atoms with van der Waals surface area (Å²) in [6.07, 6.45) is 1.67. The molecular weight excluding hydrogens is 380 g/mol. The first-order valence-electron chi connectivity index (χ1n) is 9.01. The predicted octanol–water partition coefficient (Wildman–Crippen LogP) is 4.55. The number of ether oxygens (including phenoxy) is 2. The minimum atomic E-state index is -0.553. The molecule has 0 heterocycles.